The molecule has 0 atom stereocenters. The van der Waals surface area contributed by atoms with Crippen LogP contribution in [0.4, 0.5) is 22.0 Å². The third-order valence-electron chi connectivity index (χ3n) is 3.43. The van der Waals surface area contributed by atoms with Gasteiger partial charge in [0.2, 0.25) is 0 Å². The van der Waals surface area contributed by atoms with Gasteiger partial charge in [-0.15, -0.1) is 12.1 Å². The number of amides is 1. The average molecular weight is 616 g/mol. The SMILES string of the molecule is COc1ccnc(-c2[c-]cc(F)cc2F)c1.O=C([N-]Cc1ccccn1)C(F)(F)F.[Ir]. The molecule has 0 spiro atoms. The number of halogens is 5. The minimum Gasteiger partial charge on any atom is -0.641 e. The predicted octanol–water partition coefficient (Wildman–Crippen LogP) is 4.88. The Labute approximate surface area is 188 Å². The Kier molecular flexibility index (Phi) is 10.2. The van der Waals surface area contributed by atoms with Crippen LogP contribution in [0, 0.1) is 17.7 Å². The quantitative estimate of drug-likeness (QED) is 0.310. The van der Waals surface area contributed by atoms with Gasteiger partial charge in [0.05, 0.1) is 7.11 Å². The topological polar surface area (TPSA) is 66.2 Å². The first kappa shape index (κ1) is 26.1. The van der Waals surface area contributed by atoms with Crippen LogP contribution in [0.15, 0.2) is 54.9 Å². The average Bonchev–Trinajstić information content (AvgIpc) is 2.72. The molecule has 2 heterocycles. The third-order valence-corrected chi connectivity index (χ3v) is 3.43. The zero-order valence-electron chi connectivity index (χ0n) is 15.8. The summed E-state index contributed by atoms with van der Waals surface area (Å²) in [5.41, 5.74) is 0.808. The molecule has 0 aliphatic carbocycles. The number of aromatic nitrogens is 2. The van der Waals surface area contributed by atoms with Gasteiger partial charge in [-0.2, -0.15) is 13.2 Å². The van der Waals surface area contributed by atoms with Gasteiger partial charge in [0.15, 0.2) is 5.91 Å². The summed E-state index contributed by atoms with van der Waals surface area (Å²) in [5.74, 6) is -2.88. The molecule has 3 rings (SSSR count). The number of hydrogen-bond acceptors (Lipinski definition) is 4. The molecular weight excluding hydrogens is 601 g/mol. The van der Waals surface area contributed by atoms with Crippen molar-refractivity contribution in [3.63, 3.8) is 0 Å². The Hall–Kier alpha value is -2.91. The Morgan fingerprint density at radius 2 is 1.87 bits per heavy atom. The van der Waals surface area contributed by atoms with E-state index in [4.69, 9.17) is 4.74 Å². The number of hydrogen-bond donors (Lipinski definition) is 0. The number of carbonyl (C=O) groups is 1. The van der Waals surface area contributed by atoms with Crippen molar-refractivity contribution in [2.75, 3.05) is 7.11 Å². The van der Waals surface area contributed by atoms with Crippen molar-refractivity contribution in [3.05, 3.63) is 83.6 Å². The zero-order valence-corrected chi connectivity index (χ0v) is 18.2. The Bertz CT molecular complexity index is 988. The fourth-order valence-electron chi connectivity index (χ4n) is 2.05. The second-order valence-corrected chi connectivity index (χ2v) is 5.56. The van der Waals surface area contributed by atoms with Crippen molar-refractivity contribution in [2.24, 2.45) is 0 Å². The van der Waals surface area contributed by atoms with Crippen LogP contribution in [0.1, 0.15) is 5.69 Å². The molecule has 0 bridgehead atoms. The van der Waals surface area contributed by atoms with Gasteiger partial charge < -0.3 is 19.8 Å². The Morgan fingerprint density at radius 3 is 2.45 bits per heavy atom. The summed E-state index contributed by atoms with van der Waals surface area (Å²) in [6.07, 6.45) is -1.98. The summed E-state index contributed by atoms with van der Waals surface area (Å²) in [7, 11) is 1.50. The molecule has 0 unspecified atom stereocenters. The standard InChI is InChI=1S/C12H8F2NO.C8H7F3N2O.Ir/c1-16-9-4-5-15-12(7-9)10-3-2-8(13)6-11(10)14;9-8(10,11)7(14)13-5-6-3-1-2-4-12-6;/h2,4-7H,1H3;1-4H,5H2,(H,13,14);/q-1;;/p-1. The number of nitrogens with zero attached hydrogens (tertiary/aromatic N) is 3. The third kappa shape index (κ3) is 8.39. The van der Waals surface area contributed by atoms with Gasteiger partial charge >= 0.3 is 6.18 Å². The molecule has 2 aromatic heterocycles. The van der Waals surface area contributed by atoms with Crippen molar-refractivity contribution in [1.82, 2.24) is 9.97 Å². The molecule has 1 amide bonds. The van der Waals surface area contributed by atoms with Crippen LogP contribution in [-0.2, 0) is 31.4 Å². The maximum atomic E-state index is 13.4. The van der Waals surface area contributed by atoms with E-state index in [1.165, 1.54) is 25.6 Å². The first-order chi connectivity index (χ1) is 14.2. The number of ether oxygens (including phenoxy) is 1. The van der Waals surface area contributed by atoms with Crippen LogP contribution in [0.5, 0.6) is 5.75 Å². The molecule has 0 saturated heterocycles. The maximum absolute atomic E-state index is 13.4. The minimum absolute atomic E-state index is 0. The van der Waals surface area contributed by atoms with E-state index in [9.17, 15) is 26.7 Å². The molecule has 1 aromatic carbocycles. The van der Waals surface area contributed by atoms with Crippen LogP contribution in [0.25, 0.3) is 16.6 Å². The molecule has 0 N–H and O–H groups in total. The molecule has 0 fully saturated rings. The Morgan fingerprint density at radius 1 is 1.13 bits per heavy atom. The normalized spacial score (nSPS) is 10.3. The summed E-state index contributed by atoms with van der Waals surface area (Å²) >= 11 is 0. The van der Waals surface area contributed by atoms with Crippen LogP contribution in [-0.4, -0.2) is 29.2 Å². The molecule has 5 nitrogen and oxygen atoms in total. The first-order valence-corrected chi connectivity index (χ1v) is 8.26. The largest absolute Gasteiger partial charge is 0.641 e. The second kappa shape index (κ2) is 12.1. The molecule has 3 aromatic rings. The van der Waals surface area contributed by atoms with E-state index in [0.29, 0.717) is 17.1 Å². The summed E-state index contributed by atoms with van der Waals surface area (Å²) in [4.78, 5) is 18.0. The van der Waals surface area contributed by atoms with Gasteiger partial charge in [0, 0.05) is 49.8 Å². The second-order valence-electron chi connectivity index (χ2n) is 5.56. The summed E-state index contributed by atoms with van der Waals surface area (Å²) < 4.78 is 66.2. The first-order valence-electron chi connectivity index (χ1n) is 8.26. The van der Waals surface area contributed by atoms with Crippen molar-refractivity contribution in [3.8, 4) is 17.0 Å². The smallest absolute Gasteiger partial charge is 0.432 e. The molecular formula is C20H14F5IrN3O2-2. The van der Waals surface area contributed by atoms with E-state index in [1.54, 1.807) is 24.3 Å². The Balaban J connectivity index is 0.000000303. The van der Waals surface area contributed by atoms with Crippen LogP contribution in [0.2, 0.25) is 0 Å². The van der Waals surface area contributed by atoms with E-state index < -0.39 is 23.7 Å². The van der Waals surface area contributed by atoms with Crippen molar-refractivity contribution < 1.29 is 51.6 Å². The number of carbonyl (C=O) groups excluding carboxylic acids is 1. The van der Waals surface area contributed by atoms with Gasteiger partial charge in [0.1, 0.15) is 5.75 Å². The van der Waals surface area contributed by atoms with Gasteiger partial charge in [-0.25, -0.2) is 0 Å². The molecule has 0 saturated carbocycles. The van der Waals surface area contributed by atoms with E-state index in [2.05, 4.69) is 21.4 Å². The van der Waals surface area contributed by atoms with Gasteiger partial charge in [-0.05, 0) is 30.0 Å². The van der Waals surface area contributed by atoms with Crippen LogP contribution >= 0.6 is 0 Å². The molecule has 167 valence electrons. The molecule has 11 heteroatoms. The van der Waals surface area contributed by atoms with E-state index >= 15 is 0 Å². The monoisotopic (exact) mass is 616 g/mol. The minimum atomic E-state index is -4.89. The molecule has 1 radical (unpaired) electrons. The van der Waals surface area contributed by atoms with Crippen molar-refractivity contribution in [1.29, 1.82) is 0 Å². The fourth-order valence-corrected chi connectivity index (χ4v) is 2.05. The van der Waals surface area contributed by atoms with Gasteiger partial charge in [-0.1, -0.05) is 24.2 Å². The van der Waals surface area contributed by atoms with Crippen LogP contribution < -0.4 is 4.74 Å². The summed E-state index contributed by atoms with van der Waals surface area (Å²) in [6, 6.07) is 12.3. The van der Waals surface area contributed by atoms with Crippen molar-refractivity contribution in [2.45, 2.75) is 12.7 Å². The maximum Gasteiger partial charge on any atom is 0.432 e. The van der Waals surface area contributed by atoms with E-state index in [-0.39, 0.29) is 32.2 Å². The van der Waals surface area contributed by atoms with Gasteiger partial charge in [-0.3, -0.25) is 13.8 Å². The predicted molar refractivity (Wildman–Crippen MR) is 97.3 cm³/mol. The summed E-state index contributed by atoms with van der Waals surface area (Å²) in [5, 5.41) is 2.84. The summed E-state index contributed by atoms with van der Waals surface area (Å²) in [6.45, 7) is -0.348. The zero-order chi connectivity index (χ0) is 22.1. The van der Waals surface area contributed by atoms with Gasteiger partial charge in [0.25, 0.3) is 0 Å². The van der Waals surface area contributed by atoms with E-state index in [1.807, 2.05) is 0 Å². The fraction of sp³-hybridized carbons (Fsp3) is 0.150. The molecule has 31 heavy (non-hydrogen) atoms. The number of alkyl halides is 3. The molecule has 0 aliphatic rings. The molecule has 0 aliphatic heterocycles. The van der Waals surface area contributed by atoms with Crippen LogP contribution in [0.3, 0.4) is 0 Å². The number of rotatable bonds is 4. The number of pyridine rings is 2. The van der Waals surface area contributed by atoms with E-state index in [0.717, 1.165) is 12.1 Å². The van der Waals surface area contributed by atoms with Crippen molar-refractivity contribution >= 4 is 5.91 Å². The number of methoxy groups -OCH3 is 1. The number of benzene rings is 1.